The minimum atomic E-state index is -0.750. The molecular formula is C11H17NO2. The first-order valence-corrected chi connectivity index (χ1v) is 5.09. The van der Waals surface area contributed by atoms with Crippen LogP contribution in [0.3, 0.4) is 0 Å². The molecule has 0 atom stereocenters. The Morgan fingerprint density at radius 2 is 2.29 bits per heavy atom. The van der Waals surface area contributed by atoms with Crippen LogP contribution >= 0.6 is 0 Å². The normalized spacial score (nSPS) is 22.7. The summed E-state index contributed by atoms with van der Waals surface area (Å²) in [4.78, 5) is 10.3. The summed E-state index contributed by atoms with van der Waals surface area (Å²) in [5.74, 6) is -0.750. The van der Waals surface area contributed by atoms with Gasteiger partial charge in [0.2, 0.25) is 0 Å². The molecule has 0 fully saturated rings. The molecule has 0 saturated carbocycles. The van der Waals surface area contributed by atoms with Crippen LogP contribution in [0, 0.1) is 0 Å². The zero-order chi connectivity index (χ0) is 10.2. The van der Waals surface area contributed by atoms with Gasteiger partial charge in [-0.15, -0.1) is 0 Å². The summed E-state index contributed by atoms with van der Waals surface area (Å²) < 4.78 is 0. The van der Waals surface area contributed by atoms with Crippen molar-refractivity contribution in [3.63, 3.8) is 0 Å². The minimum Gasteiger partial charge on any atom is -0.481 e. The second kappa shape index (κ2) is 6.24. The molecule has 3 heteroatoms. The Morgan fingerprint density at radius 3 is 3.07 bits per heavy atom. The van der Waals surface area contributed by atoms with Crippen LogP contribution in [0.1, 0.15) is 32.1 Å². The summed E-state index contributed by atoms with van der Waals surface area (Å²) in [6, 6.07) is 0. The van der Waals surface area contributed by atoms with Gasteiger partial charge in [0, 0.05) is 18.7 Å². The number of hydrogen-bond donors (Lipinski definition) is 2. The van der Waals surface area contributed by atoms with E-state index in [4.69, 9.17) is 5.11 Å². The maximum absolute atomic E-state index is 10.3. The van der Waals surface area contributed by atoms with Crippen molar-refractivity contribution in [2.75, 3.05) is 6.54 Å². The van der Waals surface area contributed by atoms with E-state index in [9.17, 15) is 4.79 Å². The second-order valence-electron chi connectivity index (χ2n) is 3.41. The van der Waals surface area contributed by atoms with Gasteiger partial charge < -0.3 is 10.4 Å². The van der Waals surface area contributed by atoms with E-state index >= 15 is 0 Å². The van der Waals surface area contributed by atoms with E-state index in [1.54, 1.807) is 0 Å². The Balaban J connectivity index is 2.27. The van der Waals surface area contributed by atoms with Crippen LogP contribution in [0.25, 0.3) is 0 Å². The van der Waals surface area contributed by atoms with Crippen molar-refractivity contribution in [2.24, 2.45) is 0 Å². The van der Waals surface area contributed by atoms with E-state index in [0.717, 1.165) is 25.0 Å². The van der Waals surface area contributed by atoms with E-state index in [0.29, 0.717) is 6.54 Å². The van der Waals surface area contributed by atoms with Crippen molar-refractivity contribution in [1.29, 1.82) is 0 Å². The predicted octanol–water partition coefficient (Wildman–Crippen LogP) is 2.06. The van der Waals surface area contributed by atoms with Gasteiger partial charge in [-0.3, -0.25) is 4.79 Å². The lowest BCUT2D eigenvalue weighted by molar-refractivity contribution is -0.136. The molecule has 0 aliphatic heterocycles. The number of carbonyl (C=O) groups is 1. The van der Waals surface area contributed by atoms with Gasteiger partial charge in [-0.1, -0.05) is 18.2 Å². The third kappa shape index (κ3) is 4.70. The first-order chi connectivity index (χ1) is 6.79. The van der Waals surface area contributed by atoms with Gasteiger partial charge >= 0.3 is 5.97 Å². The van der Waals surface area contributed by atoms with Gasteiger partial charge in [0.25, 0.3) is 0 Å². The van der Waals surface area contributed by atoms with E-state index in [-0.39, 0.29) is 6.42 Å². The van der Waals surface area contributed by atoms with Crippen LogP contribution in [0.2, 0.25) is 0 Å². The molecule has 0 amide bonds. The number of aliphatic carboxylic acids is 1. The summed E-state index contributed by atoms with van der Waals surface area (Å²) in [5, 5.41) is 11.6. The van der Waals surface area contributed by atoms with Gasteiger partial charge in [-0.05, 0) is 19.3 Å². The lowest BCUT2D eigenvalue weighted by atomic mass is 10.1. The lowest BCUT2D eigenvalue weighted by Crippen LogP contribution is -2.17. The Bertz CT molecular complexity index is 244. The number of allylic oxidation sites excluding steroid dienone is 3. The van der Waals surface area contributed by atoms with Crippen molar-refractivity contribution in [2.45, 2.75) is 32.1 Å². The minimum absolute atomic E-state index is 0.182. The fraction of sp³-hybridized carbons (Fsp3) is 0.545. The fourth-order valence-corrected chi connectivity index (χ4v) is 1.40. The molecule has 0 aromatic carbocycles. The number of rotatable bonds is 4. The Hall–Kier alpha value is -1.25. The molecule has 3 nitrogen and oxygen atoms in total. The van der Waals surface area contributed by atoms with Crippen molar-refractivity contribution in [1.82, 2.24) is 5.32 Å². The van der Waals surface area contributed by atoms with Crippen LogP contribution in [-0.2, 0) is 4.79 Å². The maximum atomic E-state index is 10.3. The average molecular weight is 195 g/mol. The maximum Gasteiger partial charge on any atom is 0.305 e. The third-order valence-corrected chi connectivity index (χ3v) is 2.16. The Labute approximate surface area is 84.5 Å². The molecule has 0 spiro atoms. The molecule has 0 saturated heterocycles. The zero-order valence-electron chi connectivity index (χ0n) is 8.33. The van der Waals surface area contributed by atoms with Gasteiger partial charge in [0.15, 0.2) is 0 Å². The standard InChI is InChI=1S/C11H17NO2/c13-11(14)8-9-12-10-6-4-2-1-3-5-7-10/h2,4,7,12H,1,3,5-6,8-9H2,(H,13,14)/b4-2-,10-7+. The largest absolute Gasteiger partial charge is 0.481 e. The number of carboxylic acid groups (broad SMARTS) is 1. The molecule has 1 rings (SSSR count). The molecule has 0 radical (unpaired) electrons. The molecule has 1 aliphatic carbocycles. The summed E-state index contributed by atoms with van der Waals surface area (Å²) in [6.07, 6.45) is 11.0. The van der Waals surface area contributed by atoms with Crippen molar-refractivity contribution in [3.8, 4) is 0 Å². The lowest BCUT2D eigenvalue weighted by Gasteiger charge is -2.09. The highest BCUT2D eigenvalue weighted by Gasteiger charge is 1.99. The molecule has 78 valence electrons. The molecular weight excluding hydrogens is 178 g/mol. The van der Waals surface area contributed by atoms with E-state index < -0.39 is 5.97 Å². The van der Waals surface area contributed by atoms with Gasteiger partial charge in [-0.25, -0.2) is 0 Å². The van der Waals surface area contributed by atoms with E-state index in [1.165, 1.54) is 6.42 Å². The quantitative estimate of drug-likeness (QED) is 0.675. The van der Waals surface area contributed by atoms with Gasteiger partial charge in [0.1, 0.15) is 0 Å². The highest BCUT2D eigenvalue weighted by atomic mass is 16.4. The molecule has 2 N–H and O–H groups in total. The van der Waals surface area contributed by atoms with Gasteiger partial charge in [-0.2, -0.15) is 0 Å². The Morgan fingerprint density at radius 1 is 1.43 bits per heavy atom. The highest BCUT2D eigenvalue weighted by Crippen LogP contribution is 2.09. The fourth-order valence-electron chi connectivity index (χ4n) is 1.40. The number of hydrogen-bond acceptors (Lipinski definition) is 2. The van der Waals surface area contributed by atoms with Crippen LogP contribution in [0.4, 0.5) is 0 Å². The molecule has 0 bridgehead atoms. The van der Waals surface area contributed by atoms with Crippen molar-refractivity contribution in [3.05, 3.63) is 23.9 Å². The third-order valence-electron chi connectivity index (χ3n) is 2.16. The molecule has 0 unspecified atom stereocenters. The van der Waals surface area contributed by atoms with Crippen LogP contribution < -0.4 is 5.32 Å². The molecule has 1 aliphatic rings. The van der Waals surface area contributed by atoms with Gasteiger partial charge in [0.05, 0.1) is 6.42 Å². The molecule has 0 aromatic rings. The summed E-state index contributed by atoms with van der Waals surface area (Å²) in [5.41, 5.74) is 1.15. The van der Waals surface area contributed by atoms with Crippen LogP contribution in [0.15, 0.2) is 23.9 Å². The summed E-state index contributed by atoms with van der Waals surface area (Å²) in [6.45, 7) is 0.523. The first kappa shape index (κ1) is 10.8. The monoisotopic (exact) mass is 195 g/mol. The molecule has 14 heavy (non-hydrogen) atoms. The van der Waals surface area contributed by atoms with E-state index in [1.807, 2.05) is 0 Å². The SMILES string of the molecule is O=C(O)CCN/C1=C/CCC/C=C\C1. The first-order valence-electron chi connectivity index (χ1n) is 5.09. The topological polar surface area (TPSA) is 49.3 Å². The van der Waals surface area contributed by atoms with Crippen LogP contribution in [0.5, 0.6) is 0 Å². The van der Waals surface area contributed by atoms with Crippen molar-refractivity contribution >= 4 is 5.97 Å². The van der Waals surface area contributed by atoms with Crippen LogP contribution in [-0.4, -0.2) is 17.6 Å². The van der Waals surface area contributed by atoms with E-state index in [2.05, 4.69) is 23.5 Å². The molecule has 0 aromatic heterocycles. The number of nitrogens with one attached hydrogen (secondary N) is 1. The van der Waals surface area contributed by atoms with Crippen molar-refractivity contribution < 1.29 is 9.90 Å². The predicted molar refractivity (Wildman–Crippen MR) is 55.9 cm³/mol. The summed E-state index contributed by atoms with van der Waals surface area (Å²) in [7, 11) is 0. The smallest absolute Gasteiger partial charge is 0.305 e. The summed E-state index contributed by atoms with van der Waals surface area (Å²) >= 11 is 0. The zero-order valence-corrected chi connectivity index (χ0v) is 8.33. The Kier molecular flexibility index (Phi) is 4.83. The number of carboxylic acids is 1. The average Bonchev–Trinajstić information content (AvgIpc) is 2.07. The second-order valence-corrected chi connectivity index (χ2v) is 3.41. The molecule has 0 heterocycles. The highest BCUT2D eigenvalue weighted by molar-refractivity contribution is 5.66.